The van der Waals surface area contributed by atoms with Crippen molar-refractivity contribution in [2.75, 3.05) is 0 Å². The van der Waals surface area contributed by atoms with Crippen LogP contribution in [-0.4, -0.2) is 22.2 Å². The van der Waals surface area contributed by atoms with Crippen molar-refractivity contribution in [3.63, 3.8) is 0 Å². The van der Waals surface area contributed by atoms with Gasteiger partial charge in [0.1, 0.15) is 0 Å². The number of rotatable bonds is 3. The van der Waals surface area contributed by atoms with Crippen molar-refractivity contribution in [2.45, 2.75) is 6.92 Å². The molecule has 0 unspecified atom stereocenters. The molecule has 0 amide bonds. The highest BCUT2D eigenvalue weighted by atomic mass is 32.1. The van der Waals surface area contributed by atoms with Crippen molar-refractivity contribution in [3.05, 3.63) is 58.5 Å². The third kappa shape index (κ3) is 2.25. The highest BCUT2D eigenvalue weighted by Gasteiger charge is 2.20. The van der Waals surface area contributed by atoms with Gasteiger partial charge in [0, 0.05) is 4.70 Å². The summed E-state index contributed by atoms with van der Waals surface area (Å²) >= 11 is 1.58. The summed E-state index contributed by atoms with van der Waals surface area (Å²) in [4.78, 5) is 22.8. The molecule has 3 rings (SSSR count). The van der Waals surface area contributed by atoms with Gasteiger partial charge in [-0.15, -0.1) is 11.3 Å². The van der Waals surface area contributed by atoms with Crippen LogP contribution in [0.25, 0.3) is 21.2 Å². The Bertz CT molecular complexity index is 908. The van der Waals surface area contributed by atoms with Gasteiger partial charge < -0.3 is 10.2 Å². The molecule has 2 aromatic carbocycles. The number of carboxylic acid groups (broad SMARTS) is 2. The molecule has 0 saturated carbocycles. The highest BCUT2D eigenvalue weighted by Crippen LogP contribution is 2.32. The summed E-state index contributed by atoms with van der Waals surface area (Å²) in [5.41, 5.74) is 1.62. The van der Waals surface area contributed by atoms with Gasteiger partial charge in [-0.25, -0.2) is 9.59 Å². The van der Waals surface area contributed by atoms with Crippen LogP contribution in [0.4, 0.5) is 0 Å². The number of fused-ring (bicyclic) bond motifs is 1. The minimum absolute atomic E-state index is 0.0124. The fraction of sp³-hybridized carbons (Fsp3) is 0.0588. The summed E-state index contributed by atoms with van der Waals surface area (Å²) in [5, 5.41) is 21.7. The van der Waals surface area contributed by atoms with E-state index in [4.69, 9.17) is 5.11 Å². The monoisotopic (exact) mass is 312 g/mol. The minimum Gasteiger partial charge on any atom is -0.478 e. The zero-order valence-corrected chi connectivity index (χ0v) is 12.5. The molecule has 0 fully saturated rings. The molecule has 0 spiro atoms. The Morgan fingerprint density at radius 2 is 1.77 bits per heavy atom. The average Bonchev–Trinajstić information content (AvgIpc) is 2.93. The zero-order valence-electron chi connectivity index (χ0n) is 11.7. The second-order valence-electron chi connectivity index (χ2n) is 4.94. The molecule has 22 heavy (non-hydrogen) atoms. The van der Waals surface area contributed by atoms with E-state index in [1.54, 1.807) is 17.4 Å². The van der Waals surface area contributed by atoms with Crippen LogP contribution in [-0.2, 0) is 0 Å². The number of hydrogen-bond acceptors (Lipinski definition) is 3. The van der Waals surface area contributed by atoms with E-state index in [-0.39, 0.29) is 16.7 Å². The summed E-state index contributed by atoms with van der Waals surface area (Å²) in [6.07, 6.45) is 0. The molecule has 2 N–H and O–H groups in total. The summed E-state index contributed by atoms with van der Waals surface area (Å²) in [6.45, 7) is 1.53. The van der Waals surface area contributed by atoms with Crippen molar-refractivity contribution in [2.24, 2.45) is 0 Å². The molecule has 3 aromatic rings. The van der Waals surface area contributed by atoms with Gasteiger partial charge in [0.05, 0.1) is 11.1 Å². The molecule has 0 radical (unpaired) electrons. The predicted molar refractivity (Wildman–Crippen MR) is 85.9 cm³/mol. The Balaban J connectivity index is 2.27. The van der Waals surface area contributed by atoms with Crippen LogP contribution < -0.4 is 0 Å². The first-order valence-corrected chi connectivity index (χ1v) is 7.45. The lowest BCUT2D eigenvalue weighted by atomic mass is 9.92. The second kappa shape index (κ2) is 5.27. The number of carbonyl (C=O) groups is 2. The lowest BCUT2D eigenvalue weighted by Crippen LogP contribution is -2.09. The van der Waals surface area contributed by atoms with E-state index in [0.717, 1.165) is 15.6 Å². The van der Waals surface area contributed by atoms with Gasteiger partial charge in [-0.3, -0.25) is 0 Å². The minimum atomic E-state index is -1.12. The maximum Gasteiger partial charge on any atom is 0.336 e. The van der Waals surface area contributed by atoms with Gasteiger partial charge in [-0.1, -0.05) is 18.2 Å². The molecule has 1 aromatic heterocycles. The van der Waals surface area contributed by atoms with Crippen LogP contribution >= 0.6 is 11.3 Å². The first-order chi connectivity index (χ1) is 10.5. The van der Waals surface area contributed by atoms with E-state index in [2.05, 4.69) is 0 Å². The summed E-state index contributed by atoms with van der Waals surface area (Å²) in [7, 11) is 0. The van der Waals surface area contributed by atoms with Crippen LogP contribution in [0.2, 0.25) is 0 Å². The molecule has 0 aliphatic rings. The zero-order chi connectivity index (χ0) is 15.9. The Morgan fingerprint density at radius 1 is 1.00 bits per heavy atom. The van der Waals surface area contributed by atoms with Gasteiger partial charge in [-0.05, 0) is 52.6 Å². The third-order valence-electron chi connectivity index (χ3n) is 3.68. The number of carboxylic acids is 2. The molecule has 0 aliphatic heterocycles. The SMILES string of the molecule is Cc1c(C(=O)O)ccc(-c2ccc3ccsc3c2)c1C(=O)O. The Kier molecular flexibility index (Phi) is 3.42. The molecule has 5 heteroatoms. The van der Waals surface area contributed by atoms with Crippen LogP contribution in [0.15, 0.2) is 41.8 Å². The van der Waals surface area contributed by atoms with Crippen molar-refractivity contribution in [1.29, 1.82) is 0 Å². The van der Waals surface area contributed by atoms with Crippen molar-refractivity contribution >= 4 is 33.4 Å². The quantitative estimate of drug-likeness (QED) is 0.757. The summed E-state index contributed by atoms with van der Waals surface area (Å²) in [6, 6.07) is 10.7. The van der Waals surface area contributed by atoms with E-state index >= 15 is 0 Å². The normalized spacial score (nSPS) is 10.8. The first kappa shape index (κ1) is 14.3. The summed E-state index contributed by atoms with van der Waals surface area (Å²) in [5.74, 6) is -2.25. The molecule has 110 valence electrons. The maximum absolute atomic E-state index is 11.6. The largest absolute Gasteiger partial charge is 0.478 e. The topological polar surface area (TPSA) is 74.6 Å². The molecular weight excluding hydrogens is 300 g/mol. The molecule has 0 saturated heterocycles. The van der Waals surface area contributed by atoms with Crippen LogP contribution in [0.1, 0.15) is 26.3 Å². The smallest absolute Gasteiger partial charge is 0.336 e. The Morgan fingerprint density at radius 3 is 2.45 bits per heavy atom. The van der Waals surface area contributed by atoms with Crippen LogP contribution in [0.5, 0.6) is 0 Å². The number of benzene rings is 2. The van der Waals surface area contributed by atoms with E-state index in [0.29, 0.717) is 5.56 Å². The van der Waals surface area contributed by atoms with E-state index < -0.39 is 11.9 Å². The second-order valence-corrected chi connectivity index (χ2v) is 5.89. The fourth-order valence-electron chi connectivity index (χ4n) is 2.58. The Labute approximate surface area is 130 Å². The van der Waals surface area contributed by atoms with Crippen LogP contribution in [0.3, 0.4) is 0 Å². The number of aromatic carboxylic acids is 2. The lowest BCUT2D eigenvalue weighted by molar-refractivity contribution is 0.0696. The van der Waals surface area contributed by atoms with Crippen molar-refractivity contribution < 1.29 is 19.8 Å². The third-order valence-corrected chi connectivity index (χ3v) is 4.56. The van der Waals surface area contributed by atoms with E-state index in [1.165, 1.54) is 13.0 Å². The predicted octanol–water partition coefficient (Wildman–Crippen LogP) is 4.27. The van der Waals surface area contributed by atoms with Gasteiger partial charge in [0.2, 0.25) is 0 Å². The first-order valence-electron chi connectivity index (χ1n) is 6.57. The standard InChI is InChI=1S/C17H12O4S/c1-9-12(16(18)19)4-5-13(15(9)17(20)21)11-3-2-10-6-7-22-14(10)8-11/h2-8H,1H3,(H,18,19)(H,20,21). The van der Waals surface area contributed by atoms with Gasteiger partial charge in [0.15, 0.2) is 0 Å². The van der Waals surface area contributed by atoms with Crippen molar-refractivity contribution in [1.82, 2.24) is 0 Å². The van der Waals surface area contributed by atoms with E-state index in [1.807, 2.05) is 29.6 Å². The Hall–Kier alpha value is -2.66. The molecule has 0 aliphatic carbocycles. The highest BCUT2D eigenvalue weighted by molar-refractivity contribution is 7.17. The molecule has 0 bridgehead atoms. The lowest BCUT2D eigenvalue weighted by Gasteiger charge is -2.12. The van der Waals surface area contributed by atoms with Crippen molar-refractivity contribution in [3.8, 4) is 11.1 Å². The molecule has 4 nitrogen and oxygen atoms in total. The average molecular weight is 312 g/mol. The summed E-state index contributed by atoms with van der Waals surface area (Å²) < 4.78 is 1.06. The molecule has 0 atom stereocenters. The fourth-order valence-corrected chi connectivity index (χ4v) is 3.41. The number of hydrogen-bond donors (Lipinski definition) is 2. The van der Waals surface area contributed by atoms with Crippen LogP contribution in [0, 0.1) is 6.92 Å². The molecular formula is C17H12O4S. The van der Waals surface area contributed by atoms with Gasteiger partial charge in [-0.2, -0.15) is 0 Å². The van der Waals surface area contributed by atoms with Gasteiger partial charge in [0.25, 0.3) is 0 Å². The number of thiophene rings is 1. The van der Waals surface area contributed by atoms with E-state index in [9.17, 15) is 14.7 Å². The van der Waals surface area contributed by atoms with Gasteiger partial charge >= 0.3 is 11.9 Å². The molecule has 1 heterocycles. The maximum atomic E-state index is 11.6.